The molecule has 0 unspecified atom stereocenters. The number of nitrogens with zero attached hydrogens (tertiary/aromatic N) is 6. The van der Waals surface area contributed by atoms with Crippen molar-refractivity contribution in [3.63, 3.8) is 0 Å². The number of hydrogen-bond donors (Lipinski definition) is 1. The average molecular weight is 369 g/mol. The Morgan fingerprint density at radius 3 is 2.52 bits per heavy atom. The minimum Gasteiger partial charge on any atom is -0.364 e. The van der Waals surface area contributed by atoms with E-state index in [1.165, 1.54) is 4.90 Å². The second-order valence-electron chi connectivity index (χ2n) is 7.28. The summed E-state index contributed by atoms with van der Waals surface area (Å²) in [4.78, 5) is 33.9. The molecule has 1 fully saturated rings. The summed E-state index contributed by atoms with van der Waals surface area (Å²) in [5.74, 6) is 1.69. The SMILES string of the molecule is Cc1ncc(N[C@@H]2CCN(c3nc(C(=O)N(C)C)nc(C)c3C)C2)nc1C. The van der Waals surface area contributed by atoms with E-state index in [0.29, 0.717) is 0 Å². The minimum absolute atomic E-state index is 0.182. The Kier molecular flexibility index (Phi) is 5.25. The first-order chi connectivity index (χ1) is 12.8. The molecule has 2 aromatic heterocycles. The van der Waals surface area contributed by atoms with Crippen LogP contribution in [0.4, 0.5) is 11.6 Å². The number of anilines is 2. The van der Waals surface area contributed by atoms with Crippen LogP contribution in [0.5, 0.6) is 0 Å². The van der Waals surface area contributed by atoms with Gasteiger partial charge in [-0.1, -0.05) is 0 Å². The van der Waals surface area contributed by atoms with Crippen LogP contribution in [-0.4, -0.2) is 64.0 Å². The third kappa shape index (κ3) is 3.99. The van der Waals surface area contributed by atoms with Crippen LogP contribution in [0.25, 0.3) is 0 Å². The van der Waals surface area contributed by atoms with Gasteiger partial charge in [-0.2, -0.15) is 0 Å². The van der Waals surface area contributed by atoms with Gasteiger partial charge in [0.25, 0.3) is 5.91 Å². The van der Waals surface area contributed by atoms with E-state index in [-0.39, 0.29) is 17.8 Å². The van der Waals surface area contributed by atoms with Crippen LogP contribution in [-0.2, 0) is 0 Å². The molecule has 2 aromatic rings. The normalized spacial score (nSPS) is 16.5. The lowest BCUT2D eigenvalue weighted by atomic mass is 10.2. The molecule has 1 N–H and O–H groups in total. The van der Waals surface area contributed by atoms with Gasteiger partial charge in [0.05, 0.1) is 17.6 Å². The summed E-state index contributed by atoms with van der Waals surface area (Å²) in [6.45, 7) is 9.50. The van der Waals surface area contributed by atoms with Gasteiger partial charge in [0.1, 0.15) is 11.6 Å². The highest BCUT2D eigenvalue weighted by Crippen LogP contribution is 2.25. The number of carbonyl (C=O) groups is 1. The van der Waals surface area contributed by atoms with Gasteiger partial charge in [-0.05, 0) is 34.1 Å². The second kappa shape index (κ2) is 7.46. The Morgan fingerprint density at radius 2 is 1.85 bits per heavy atom. The molecule has 0 saturated carbocycles. The Morgan fingerprint density at radius 1 is 1.11 bits per heavy atom. The van der Waals surface area contributed by atoms with Crippen molar-refractivity contribution >= 4 is 17.5 Å². The number of nitrogens with one attached hydrogen (secondary N) is 1. The Balaban J connectivity index is 1.78. The number of aromatic nitrogens is 4. The van der Waals surface area contributed by atoms with Crippen molar-refractivity contribution in [2.75, 3.05) is 37.4 Å². The lowest BCUT2D eigenvalue weighted by Crippen LogP contribution is -2.30. The highest BCUT2D eigenvalue weighted by Gasteiger charge is 2.27. The van der Waals surface area contributed by atoms with Crippen molar-refractivity contribution in [2.45, 2.75) is 40.2 Å². The zero-order chi connectivity index (χ0) is 19.7. The first-order valence-corrected chi connectivity index (χ1v) is 9.15. The van der Waals surface area contributed by atoms with E-state index >= 15 is 0 Å². The molecule has 0 bridgehead atoms. The highest BCUT2D eigenvalue weighted by molar-refractivity contribution is 5.90. The molecule has 0 aliphatic carbocycles. The quantitative estimate of drug-likeness (QED) is 0.880. The maximum Gasteiger partial charge on any atom is 0.291 e. The minimum atomic E-state index is -0.182. The van der Waals surface area contributed by atoms with Crippen molar-refractivity contribution in [1.82, 2.24) is 24.8 Å². The molecule has 1 aliphatic heterocycles. The Hall–Kier alpha value is -2.77. The molecule has 0 aromatic carbocycles. The predicted octanol–water partition coefficient (Wildman–Crippen LogP) is 1.89. The first-order valence-electron chi connectivity index (χ1n) is 9.15. The van der Waals surface area contributed by atoms with E-state index in [1.54, 1.807) is 20.3 Å². The molecular formula is C19H27N7O. The monoisotopic (exact) mass is 369 g/mol. The van der Waals surface area contributed by atoms with E-state index in [9.17, 15) is 4.79 Å². The van der Waals surface area contributed by atoms with Crippen LogP contribution in [0, 0.1) is 27.7 Å². The highest BCUT2D eigenvalue weighted by atomic mass is 16.2. The molecule has 0 spiro atoms. The topological polar surface area (TPSA) is 87.1 Å². The standard InChI is InChI=1S/C19H27N7O/c1-11-12(2)22-17(19(27)25(5)6)24-18(11)26-8-7-15(10-26)23-16-9-20-13(3)14(4)21-16/h9,15H,7-8,10H2,1-6H3,(H,21,23)/t15-/m1/s1. The molecule has 144 valence electrons. The molecule has 3 rings (SSSR count). The molecule has 1 amide bonds. The van der Waals surface area contributed by atoms with Crippen molar-refractivity contribution in [2.24, 2.45) is 0 Å². The molecule has 0 radical (unpaired) electrons. The Labute approximate surface area is 160 Å². The van der Waals surface area contributed by atoms with Crippen LogP contribution in [0.2, 0.25) is 0 Å². The van der Waals surface area contributed by atoms with E-state index < -0.39 is 0 Å². The summed E-state index contributed by atoms with van der Waals surface area (Å²) in [7, 11) is 3.42. The van der Waals surface area contributed by atoms with E-state index in [2.05, 4.69) is 30.2 Å². The van der Waals surface area contributed by atoms with Gasteiger partial charge in [-0.25, -0.2) is 15.0 Å². The lowest BCUT2D eigenvalue weighted by Gasteiger charge is -2.22. The number of aryl methyl sites for hydroxylation is 3. The third-order valence-corrected chi connectivity index (χ3v) is 4.99. The van der Waals surface area contributed by atoms with Crippen molar-refractivity contribution in [3.8, 4) is 0 Å². The second-order valence-corrected chi connectivity index (χ2v) is 7.28. The zero-order valence-corrected chi connectivity index (χ0v) is 16.9. The molecule has 1 saturated heterocycles. The maximum atomic E-state index is 12.3. The fourth-order valence-corrected chi connectivity index (χ4v) is 3.11. The van der Waals surface area contributed by atoms with Gasteiger partial charge in [0.2, 0.25) is 5.82 Å². The smallest absolute Gasteiger partial charge is 0.291 e. The lowest BCUT2D eigenvalue weighted by molar-refractivity contribution is 0.0815. The number of carbonyl (C=O) groups excluding carboxylic acids is 1. The fourth-order valence-electron chi connectivity index (χ4n) is 3.11. The van der Waals surface area contributed by atoms with Crippen molar-refractivity contribution in [3.05, 3.63) is 34.7 Å². The molecular weight excluding hydrogens is 342 g/mol. The van der Waals surface area contributed by atoms with Crippen molar-refractivity contribution < 1.29 is 4.79 Å². The van der Waals surface area contributed by atoms with Crippen LogP contribution in [0.3, 0.4) is 0 Å². The van der Waals surface area contributed by atoms with Crippen LogP contribution in [0.1, 0.15) is 39.7 Å². The summed E-state index contributed by atoms with van der Waals surface area (Å²) in [5.41, 5.74) is 3.72. The fraction of sp³-hybridized carbons (Fsp3) is 0.526. The number of rotatable bonds is 4. The summed E-state index contributed by atoms with van der Waals surface area (Å²) >= 11 is 0. The van der Waals surface area contributed by atoms with Gasteiger partial charge in [0, 0.05) is 44.5 Å². The summed E-state index contributed by atoms with van der Waals surface area (Å²) in [5, 5.41) is 3.46. The average Bonchev–Trinajstić information content (AvgIpc) is 3.08. The van der Waals surface area contributed by atoms with Crippen LogP contribution in [0.15, 0.2) is 6.20 Å². The molecule has 27 heavy (non-hydrogen) atoms. The van der Waals surface area contributed by atoms with Crippen molar-refractivity contribution in [1.29, 1.82) is 0 Å². The van der Waals surface area contributed by atoms with Crippen LogP contribution >= 0.6 is 0 Å². The van der Waals surface area contributed by atoms with Gasteiger partial charge < -0.3 is 15.1 Å². The van der Waals surface area contributed by atoms with Gasteiger partial charge in [0.15, 0.2) is 0 Å². The predicted molar refractivity (Wildman–Crippen MR) is 105 cm³/mol. The molecule has 3 heterocycles. The molecule has 1 aliphatic rings. The summed E-state index contributed by atoms with van der Waals surface area (Å²) in [6.07, 6.45) is 2.74. The number of hydrogen-bond acceptors (Lipinski definition) is 7. The van der Waals surface area contributed by atoms with Gasteiger partial charge in [-0.15, -0.1) is 0 Å². The summed E-state index contributed by atoms with van der Waals surface area (Å²) in [6, 6.07) is 0.254. The molecule has 8 nitrogen and oxygen atoms in total. The van der Waals surface area contributed by atoms with E-state index in [1.807, 2.05) is 27.7 Å². The maximum absolute atomic E-state index is 12.3. The van der Waals surface area contributed by atoms with Gasteiger partial charge in [-0.3, -0.25) is 9.78 Å². The molecule has 8 heteroatoms. The largest absolute Gasteiger partial charge is 0.364 e. The zero-order valence-electron chi connectivity index (χ0n) is 16.9. The third-order valence-electron chi connectivity index (χ3n) is 4.99. The van der Waals surface area contributed by atoms with E-state index in [0.717, 1.165) is 53.8 Å². The Bertz CT molecular complexity index is 865. The summed E-state index contributed by atoms with van der Waals surface area (Å²) < 4.78 is 0. The first kappa shape index (κ1) is 19.0. The number of amides is 1. The van der Waals surface area contributed by atoms with Gasteiger partial charge >= 0.3 is 0 Å². The van der Waals surface area contributed by atoms with E-state index in [4.69, 9.17) is 0 Å². The molecule has 1 atom stereocenters. The van der Waals surface area contributed by atoms with Crippen LogP contribution < -0.4 is 10.2 Å².